The van der Waals surface area contributed by atoms with E-state index in [2.05, 4.69) is 30.7 Å². The van der Waals surface area contributed by atoms with Crippen LogP contribution in [0, 0.1) is 6.92 Å². The number of carbonyl (C=O) groups is 3. The summed E-state index contributed by atoms with van der Waals surface area (Å²) in [4.78, 5) is 47.8. The number of carboxylic acid groups (broad SMARTS) is 3. The number of nitrogen functional groups attached to an aromatic ring is 1. The second kappa shape index (κ2) is 11.1. The smallest absolute Gasteiger partial charge is 0.335 e. The Kier molecular flexibility index (Phi) is 7.17. The van der Waals surface area contributed by atoms with Crippen LogP contribution >= 0.6 is 0 Å². The highest BCUT2D eigenvalue weighted by molar-refractivity contribution is 5.95. The van der Waals surface area contributed by atoms with Crippen LogP contribution in [0.2, 0.25) is 0 Å². The fraction of sp³-hybridized carbons (Fsp3) is 0.0357. The first-order chi connectivity index (χ1) is 20.1. The Bertz CT molecular complexity index is 1820. The summed E-state index contributed by atoms with van der Waals surface area (Å²) in [6, 6.07) is 18.8. The van der Waals surface area contributed by atoms with E-state index in [1.807, 2.05) is 30.3 Å². The highest BCUT2D eigenvalue weighted by Gasteiger charge is 2.19. The van der Waals surface area contributed by atoms with Gasteiger partial charge in [-0.05, 0) is 43.3 Å². The van der Waals surface area contributed by atoms with Gasteiger partial charge in [0.25, 0.3) is 5.95 Å². The summed E-state index contributed by atoms with van der Waals surface area (Å²) >= 11 is 0. The van der Waals surface area contributed by atoms with Crippen molar-refractivity contribution in [3.05, 3.63) is 95.1 Å². The highest BCUT2D eigenvalue weighted by atomic mass is 16.4. The number of nitrogens with one attached hydrogen (secondary N) is 2. The first kappa shape index (κ1) is 27.3. The quantitative estimate of drug-likeness (QED) is 0.147. The van der Waals surface area contributed by atoms with Crippen LogP contribution in [0.1, 0.15) is 36.6 Å². The molecule has 14 heteroatoms. The fourth-order valence-corrected chi connectivity index (χ4v) is 4.04. The summed E-state index contributed by atoms with van der Waals surface area (Å²) in [5.41, 5.74) is 8.39. The first-order valence-electron chi connectivity index (χ1n) is 12.2. The third-order valence-corrected chi connectivity index (χ3v) is 6.08. The van der Waals surface area contributed by atoms with Crippen molar-refractivity contribution in [1.29, 1.82) is 0 Å². The number of hydrogen-bond donors (Lipinski definition) is 6. The summed E-state index contributed by atoms with van der Waals surface area (Å²) in [6.07, 6.45) is 0. The van der Waals surface area contributed by atoms with Gasteiger partial charge < -0.3 is 31.7 Å². The van der Waals surface area contributed by atoms with Crippen molar-refractivity contribution in [2.75, 3.05) is 16.4 Å². The van der Waals surface area contributed by atoms with Gasteiger partial charge in [0.2, 0.25) is 11.9 Å². The third-order valence-electron chi connectivity index (χ3n) is 6.08. The third kappa shape index (κ3) is 5.67. The van der Waals surface area contributed by atoms with Gasteiger partial charge in [-0.15, -0.1) is 0 Å². The number of carboxylic acids is 3. The first-order valence-corrected chi connectivity index (χ1v) is 12.2. The van der Waals surface area contributed by atoms with E-state index in [1.54, 1.807) is 19.1 Å². The molecule has 0 spiro atoms. The molecule has 7 N–H and O–H groups in total. The van der Waals surface area contributed by atoms with Gasteiger partial charge in [-0.1, -0.05) is 36.4 Å². The number of aromatic carboxylic acids is 3. The topological polar surface area (TPSA) is 218 Å². The second-order valence-corrected chi connectivity index (χ2v) is 8.96. The molecule has 0 saturated carbocycles. The molecule has 0 aliphatic rings. The zero-order chi connectivity index (χ0) is 30.0. The van der Waals surface area contributed by atoms with Crippen LogP contribution in [0.25, 0.3) is 17.2 Å². The van der Waals surface area contributed by atoms with Gasteiger partial charge in [0.05, 0.1) is 22.4 Å². The van der Waals surface area contributed by atoms with E-state index in [1.165, 1.54) is 28.9 Å². The highest BCUT2D eigenvalue weighted by Crippen LogP contribution is 2.29. The molecule has 0 saturated heterocycles. The minimum atomic E-state index is -1.33. The van der Waals surface area contributed by atoms with Crippen molar-refractivity contribution in [2.45, 2.75) is 6.92 Å². The second-order valence-electron chi connectivity index (χ2n) is 8.96. The molecule has 0 amide bonds. The number of aromatic nitrogens is 5. The molecule has 42 heavy (non-hydrogen) atoms. The Morgan fingerprint density at radius 1 is 0.714 bits per heavy atom. The lowest BCUT2D eigenvalue weighted by Crippen LogP contribution is -2.12. The maximum absolute atomic E-state index is 11.6. The van der Waals surface area contributed by atoms with E-state index in [9.17, 15) is 29.7 Å². The van der Waals surface area contributed by atoms with E-state index in [4.69, 9.17) is 5.73 Å². The van der Waals surface area contributed by atoms with Crippen LogP contribution in [-0.2, 0) is 0 Å². The van der Waals surface area contributed by atoms with Gasteiger partial charge >= 0.3 is 17.9 Å². The van der Waals surface area contributed by atoms with Crippen LogP contribution in [0.5, 0.6) is 0 Å². The van der Waals surface area contributed by atoms with Crippen molar-refractivity contribution >= 4 is 47.0 Å². The predicted octanol–water partition coefficient (Wildman–Crippen LogP) is 4.20. The molecule has 0 radical (unpaired) electrons. The minimum absolute atomic E-state index is 0.0266. The lowest BCUT2D eigenvalue weighted by Gasteiger charge is -2.12. The predicted molar refractivity (Wildman–Crippen MR) is 152 cm³/mol. The maximum atomic E-state index is 11.6. The average molecular weight is 567 g/mol. The summed E-state index contributed by atoms with van der Waals surface area (Å²) in [5, 5.41) is 38.6. The SMILES string of the molecule is Cc1c(-c2ccccc2)nn(-c2nc(Nc3cccc(C(=O)O)c3)nc(Nc3cc(C(=O)O)cc(C(=O)O)c3)n2)c1N. The average Bonchev–Trinajstić information content (AvgIpc) is 3.27. The van der Waals surface area contributed by atoms with Crippen molar-refractivity contribution in [2.24, 2.45) is 0 Å². The van der Waals surface area contributed by atoms with Crippen LogP contribution in [-0.4, -0.2) is 58.0 Å². The zero-order valence-electron chi connectivity index (χ0n) is 21.8. The Morgan fingerprint density at radius 2 is 1.29 bits per heavy atom. The molecular formula is C28H22N8O6. The minimum Gasteiger partial charge on any atom is -0.478 e. The molecule has 2 heterocycles. The molecule has 0 fully saturated rings. The molecule has 2 aromatic heterocycles. The van der Waals surface area contributed by atoms with E-state index in [0.29, 0.717) is 16.9 Å². The summed E-state index contributed by atoms with van der Waals surface area (Å²) in [5.74, 6) is -3.71. The number of benzene rings is 3. The van der Waals surface area contributed by atoms with Crippen molar-refractivity contribution in [1.82, 2.24) is 24.7 Å². The number of anilines is 5. The zero-order valence-corrected chi connectivity index (χ0v) is 21.8. The normalized spacial score (nSPS) is 10.7. The molecule has 0 aliphatic heterocycles. The van der Waals surface area contributed by atoms with Crippen LogP contribution in [0.15, 0.2) is 72.8 Å². The molecule has 0 unspecified atom stereocenters. The monoisotopic (exact) mass is 566 g/mol. The molecule has 0 aliphatic carbocycles. The molecule has 5 aromatic rings. The molecule has 0 atom stereocenters. The Hall–Kier alpha value is -6.31. The van der Waals surface area contributed by atoms with E-state index in [0.717, 1.165) is 11.6 Å². The number of nitrogens with two attached hydrogens (primary N) is 1. The van der Waals surface area contributed by atoms with E-state index < -0.39 is 17.9 Å². The summed E-state index contributed by atoms with van der Waals surface area (Å²) in [7, 11) is 0. The van der Waals surface area contributed by atoms with Crippen LogP contribution in [0.3, 0.4) is 0 Å². The molecular weight excluding hydrogens is 544 g/mol. The lowest BCUT2D eigenvalue weighted by atomic mass is 10.1. The molecule has 3 aromatic carbocycles. The van der Waals surface area contributed by atoms with Gasteiger partial charge in [0.15, 0.2) is 0 Å². The van der Waals surface area contributed by atoms with Crippen LogP contribution < -0.4 is 16.4 Å². The fourth-order valence-electron chi connectivity index (χ4n) is 4.04. The number of rotatable bonds is 9. The van der Waals surface area contributed by atoms with Gasteiger partial charge in [0.1, 0.15) is 5.82 Å². The summed E-state index contributed by atoms with van der Waals surface area (Å²) < 4.78 is 1.31. The number of nitrogens with zero attached hydrogens (tertiary/aromatic N) is 5. The molecule has 0 bridgehead atoms. The molecule has 5 rings (SSSR count). The van der Waals surface area contributed by atoms with Crippen molar-refractivity contribution < 1.29 is 29.7 Å². The van der Waals surface area contributed by atoms with E-state index >= 15 is 0 Å². The Labute approximate surface area is 237 Å². The molecule has 210 valence electrons. The lowest BCUT2D eigenvalue weighted by molar-refractivity contribution is 0.0682. The van der Waals surface area contributed by atoms with Gasteiger partial charge in [-0.25, -0.2) is 14.4 Å². The number of hydrogen-bond acceptors (Lipinski definition) is 10. The Balaban J connectivity index is 1.62. The van der Waals surface area contributed by atoms with Crippen molar-refractivity contribution in [3.8, 4) is 17.2 Å². The van der Waals surface area contributed by atoms with Gasteiger partial charge in [-0.3, -0.25) is 0 Å². The summed E-state index contributed by atoms with van der Waals surface area (Å²) in [6.45, 7) is 1.79. The van der Waals surface area contributed by atoms with Gasteiger partial charge in [0, 0.05) is 22.5 Å². The molecule has 14 nitrogen and oxygen atoms in total. The maximum Gasteiger partial charge on any atom is 0.335 e. The van der Waals surface area contributed by atoms with Crippen LogP contribution in [0.4, 0.5) is 29.1 Å². The van der Waals surface area contributed by atoms with E-state index in [-0.39, 0.29) is 46.0 Å². The largest absolute Gasteiger partial charge is 0.478 e. The Morgan fingerprint density at radius 3 is 1.88 bits per heavy atom. The van der Waals surface area contributed by atoms with Crippen molar-refractivity contribution in [3.63, 3.8) is 0 Å². The van der Waals surface area contributed by atoms with Gasteiger partial charge in [-0.2, -0.15) is 24.7 Å². The standard InChI is InChI=1S/C28H22N8O6/c1-14-21(15-6-3-2-4-7-15)35-36(22(14)29)28-33-26(30-19-9-5-8-16(11-19)23(37)38)32-27(34-28)31-20-12-17(24(39)40)10-18(13-20)25(41)42/h2-13H,29H2,1H3,(H,37,38)(H,39,40)(H,41,42)(H2,30,31,32,33,34).